The molecule has 3 aliphatic rings. The van der Waals surface area contributed by atoms with Crippen molar-refractivity contribution in [2.75, 3.05) is 26.7 Å². The molecule has 3 saturated heterocycles. The van der Waals surface area contributed by atoms with Gasteiger partial charge in [0.15, 0.2) is 0 Å². The molecule has 3 fully saturated rings. The summed E-state index contributed by atoms with van der Waals surface area (Å²) in [6, 6.07) is 16.6. The summed E-state index contributed by atoms with van der Waals surface area (Å²) in [5.74, 6) is 1.98. The van der Waals surface area contributed by atoms with Gasteiger partial charge in [-0.15, -0.1) is 0 Å². The molecule has 45 heavy (non-hydrogen) atoms. The summed E-state index contributed by atoms with van der Waals surface area (Å²) in [4.78, 5) is 49.4. The van der Waals surface area contributed by atoms with Gasteiger partial charge in [-0.05, 0) is 80.7 Å². The van der Waals surface area contributed by atoms with Gasteiger partial charge >= 0.3 is 0 Å². The molecule has 0 saturated carbocycles. The molecule has 238 valence electrons. The molecule has 2 N–H and O–H groups in total. The number of aromatic nitrogens is 2. The number of imidazole rings is 1. The fraction of sp³-hybridized carbons (Fsp3) is 0.486. The van der Waals surface area contributed by atoms with Gasteiger partial charge in [-0.25, -0.2) is 4.98 Å². The van der Waals surface area contributed by atoms with Crippen LogP contribution in [0.15, 0.2) is 67.0 Å². The van der Waals surface area contributed by atoms with Crippen molar-refractivity contribution in [3.63, 3.8) is 0 Å². The molecule has 10 heteroatoms. The molecule has 3 aromatic rings. The average Bonchev–Trinajstić information content (AvgIpc) is 3.51. The van der Waals surface area contributed by atoms with E-state index in [-0.39, 0.29) is 23.8 Å². The van der Waals surface area contributed by atoms with Crippen LogP contribution in [0.5, 0.6) is 5.75 Å². The minimum Gasteiger partial charge on any atom is -0.497 e. The number of fused-ring (bicyclic) bond motifs is 4. The molecule has 0 spiro atoms. The van der Waals surface area contributed by atoms with E-state index in [1.165, 1.54) is 0 Å². The van der Waals surface area contributed by atoms with Gasteiger partial charge in [0.25, 0.3) is 0 Å². The molecule has 4 heterocycles. The van der Waals surface area contributed by atoms with Crippen molar-refractivity contribution in [3.05, 3.63) is 78.4 Å². The van der Waals surface area contributed by atoms with Gasteiger partial charge in [0.05, 0.1) is 13.7 Å². The van der Waals surface area contributed by atoms with Gasteiger partial charge in [-0.2, -0.15) is 0 Å². The number of methoxy groups -OCH3 is 1. The molecule has 2 aromatic carbocycles. The third kappa shape index (κ3) is 7.22. The number of ether oxygens (including phenoxy) is 1. The first-order valence-corrected chi connectivity index (χ1v) is 16.2. The number of benzene rings is 2. The van der Waals surface area contributed by atoms with Crippen LogP contribution in [0.2, 0.25) is 0 Å². The van der Waals surface area contributed by atoms with Crippen LogP contribution in [0.4, 0.5) is 0 Å². The summed E-state index contributed by atoms with van der Waals surface area (Å²) >= 11 is 0. The summed E-state index contributed by atoms with van der Waals surface area (Å²) in [6.07, 6.45) is 7.80. The maximum atomic E-state index is 13.9. The van der Waals surface area contributed by atoms with Crippen LogP contribution >= 0.6 is 0 Å². The zero-order valence-corrected chi connectivity index (χ0v) is 26.2. The Morgan fingerprint density at radius 2 is 1.78 bits per heavy atom. The largest absolute Gasteiger partial charge is 0.497 e. The van der Waals surface area contributed by atoms with Crippen LogP contribution in [-0.4, -0.2) is 81.9 Å². The van der Waals surface area contributed by atoms with E-state index in [1.54, 1.807) is 14.0 Å². The molecule has 0 unspecified atom stereocenters. The summed E-state index contributed by atoms with van der Waals surface area (Å²) in [6.45, 7) is 4.89. The number of likely N-dealkylation sites (tertiary alicyclic amines) is 1. The molecular weight excluding hydrogens is 568 g/mol. The van der Waals surface area contributed by atoms with E-state index >= 15 is 0 Å². The lowest BCUT2D eigenvalue weighted by Crippen LogP contribution is -2.62. The fourth-order valence-corrected chi connectivity index (χ4v) is 7.42. The van der Waals surface area contributed by atoms with Crippen LogP contribution in [0.25, 0.3) is 5.69 Å². The first kappa shape index (κ1) is 30.8. The zero-order chi connectivity index (χ0) is 31.3. The predicted molar refractivity (Wildman–Crippen MR) is 171 cm³/mol. The fourth-order valence-electron chi connectivity index (χ4n) is 7.42. The molecule has 0 aliphatic carbocycles. The third-order valence-electron chi connectivity index (χ3n) is 9.61. The van der Waals surface area contributed by atoms with Crippen LogP contribution in [0.3, 0.4) is 0 Å². The summed E-state index contributed by atoms with van der Waals surface area (Å²) in [7, 11) is 1.66. The van der Waals surface area contributed by atoms with E-state index in [0.29, 0.717) is 50.6 Å². The van der Waals surface area contributed by atoms with Gasteiger partial charge in [0.1, 0.15) is 23.7 Å². The van der Waals surface area contributed by atoms with E-state index in [1.807, 2.05) is 71.9 Å². The first-order chi connectivity index (χ1) is 21.9. The van der Waals surface area contributed by atoms with E-state index in [0.717, 1.165) is 48.8 Å². The lowest BCUT2D eigenvalue weighted by molar-refractivity contribution is -0.145. The number of nitrogens with one attached hydrogen (secondary N) is 2. The van der Waals surface area contributed by atoms with Crippen molar-refractivity contribution >= 4 is 17.7 Å². The standard InChI is InChI=1S/C35H44N6O4/c1-24-35(44)41-21-26-19-27(22-39(20-26)23-32-36-17-18-40(32)28-12-14-29(45-2)15-13-28)31(41)9-6-10-33(42)38-30(34(43)37-24)16-11-25-7-4-3-5-8-25/h3-5,7-8,12-15,17-18,24,26-27,30-31H,6,9-11,16,19-23H2,1-2H3,(H,37,43)(H,38,42)/t24-,26+,27-,30+,31+/m1/s1. The summed E-state index contributed by atoms with van der Waals surface area (Å²) in [5, 5.41) is 5.91. The SMILES string of the molecule is COc1ccc(-n2ccnc2CN2C[C@@H]3C[C@H](C2)[C@@H]2CCCC(=O)N[C@@H](CCc4ccccc4)C(=O)N[C@H](C)C(=O)N2C3)cc1. The Morgan fingerprint density at radius 3 is 2.56 bits per heavy atom. The highest BCUT2D eigenvalue weighted by Crippen LogP contribution is 2.36. The number of carbonyl (C=O) groups excluding carboxylic acids is 3. The second-order valence-electron chi connectivity index (χ2n) is 12.8. The predicted octanol–water partition coefficient (Wildman–Crippen LogP) is 3.34. The number of rotatable bonds is 7. The summed E-state index contributed by atoms with van der Waals surface area (Å²) < 4.78 is 7.44. The Morgan fingerprint density at radius 1 is 0.978 bits per heavy atom. The average molecular weight is 613 g/mol. The number of carbonyl (C=O) groups is 3. The molecule has 3 amide bonds. The number of piperidine rings is 2. The number of nitrogens with zero attached hydrogens (tertiary/aromatic N) is 4. The summed E-state index contributed by atoms with van der Waals surface area (Å²) in [5.41, 5.74) is 2.14. The van der Waals surface area contributed by atoms with Gasteiger partial charge in [0.2, 0.25) is 17.7 Å². The Kier molecular flexibility index (Phi) is 9.49. The number of aryl methyl sites for hydroxylation is 1. The van der Waals surface area contributed by atoms with E-state index in [2.05, 4.69) is 25.1 Å². The Hall–Kier alpha value is -4.18. The molecular formula is C35H44N6O4. The Bertz CT molecular complexity index is 1470. The number of hydrogen-bond donors (Lipinski definition) is 2. The molecule has 5 atom stereocenters. The topological polar surface area (TPSA) is 109 Å². The smallest absolute Gasteiger partial charge is 0.245 e. The van der Waals surface area contributed by atoms with Crippen LogP contribution < -0.4 is 15.4 Å². The van der Waals surface area contributed by atoms with E-state index in [9.17, 15) is 14.4 Å². The highest BCUT2D eigenvalue weighted by Gasteiger charge is 2.44. The molecule has 1 aromatic heterocycles. The van der Waals surface area contributed by atoms with Crippen molar-refractivity contribution in [2.24, 2.45) is 11.8 Å². The van der Waals surface area contributed by atoms with E-state index in [4.69, 9.17) is 4.74 Å². The van der Waals surface area contributed by atoms with Gasteiger partial charge in [0, 0.05) is 50.2 Å². The highest BCUT2D eigenvalue weighted by molar-refractivity contribution is 5.92. The third-order valence-corrected chi connectivity index (χ3v) is 9.61. The first-order valence-electron chi connectivity index (χ1n) is 16.2. The second kappa shape index (κ2) is 13.9. The quantitative estimate of drug-likeness (QED) is 0.424. The van der Waals surface area contributed by atoms with Crippen LogP contribution in [0, 0.1) is 11.8 Å². The van der Waals surface area contributed by atoms with Gasteiger partial charge in [-0.1, -0.05) is 30.3 Å². The van der Waals surface area contributed by atoms with Crippen molar-refractivity contribution in [3.8, 4) is 11.4 Å². The van der Waals surface area contributed by atoms with Crippen molar-refractivity contribution < 1.29 is 19.1 Å². The lowest BCUT2D eigenvalue weighted by Gasteiger charge is -2.51. The maximum absolute atomic E-state index is 13.9. The number of amides is 3. The molecule has 3 aliphatic heterocycles. The zero-order valence-electron chi connectivity index (χ0n) is 26.2. The van der Waals surface area contributed by atoms with Gasteiger partial charge < -0.3 is 24.8 Å². The molecule has 10 nitrogen and oxygen atoms in total. The van der Waals surface area contributed by atoms with Gasteiger partial charge in [-0.3, -0.25) is 19.3 Å². The minimum atomic E-state index is -0.678. The second-order valence-corrected chi connectivity index (χ2v) is 12.8. The van der Waals surface area contributed by atoms with Crippen molar-refractivity contribution in [2.45, 2.75) is 70.1 Å². The van der Waals surface area contributed by atoms with Crippen LogP contribution in [0.1, 0.15) is 50.4 Å². The van der Waals surface area contributed by atoms with Crippen LogP contribution in [-0.2, 0) is 27.3 Å². The van der Waals surface area contributed by atoms with E-state index < -0.39 is 12.1 Å². The lowest BCUT2D eigenvalue weighted by atomic mass is 9.77. The Balaban J connectivity index is 1.13. The normalized spacial score (nSPS) is 26.2. The monoisotopic (exact) mass is 612 g/mol. The Labute approximate surface area is 265 Å². The molecule has 6 rings (SSSR count). The molecule has 2 bridgehead atoms. The highest BCUT2D eigenvalue weighted by atomic mass is 16.5. The van der Waals surface area contributed by atoms with Crippen molar-refractivity contribution in [1.82, 2.24) is 30.0 Å². The maximum Gasteiger partial charge on any atom is 0.245 e. The number of hydrogen-bond acceptors (Lipinski definition) is 6. The molecule has 0 radical (unpaired) electrons. The minimum absolute atomic E-state index is 0.0262. The van der Waals surface area contributed by atoms with Crippen molar-refractivity contribution in [1.29, 1.82) is 0 Å².